The molecule has 0 spiro atoms. The van der Waals surface area contributed by atoms with Gasteiger partial charge in [0.2, 0.25) is 0 Å². The molecule has 0 saturated carbocycles. The van der Waals surface area contributed by atoms with E-state index in [-0.39, 0.29) is 0 Å². The molecule has 2 aromatic rings. The van der Waals surface area contributed by atoms with E-state index in [0.29, 0.717) is 0 Å². The first-order valence-corrected chi connectivity index (χ1v) is 7.78. The lowest BCUT2D eigenvalue weighted by molar-refractivity contribution is 0.167. The average molecular weight is 273 g/mol. The van der Waals surface area contributed by atoms with E-state index in [1.807, 2.05) is 24.7 Å². The fourth-order valence-corrected chi connectivity index (χ4v) is 3.49. The van der Waals surface area contributed by atoms with E-state index >= 15 is 0 Å². The van der Waals surface area contributed by atoms with Gasteiger partial charge in [-0.05, 0) is 43.4 Å². The molecular weight excluding hydrogens is 254 g/mol. The Labute approximate surface area is 118 Å². The van der Waals surface area contributed by atoms with Crippen LogP contribution in [0.15, 0.2) is 36.1 Å². The number of aromatic nitrogens is 2. The third-order valence-corrected chi connectivity index (χ3v) is 4.46. The van der Waals surface area contributed by atoms with E-state index in [1.54, 1.807) is 11.3 Å². The standard InChI is InChI=1S/C15H19N3S/c1-3-13(10-16-5-1)9-14-4-2-7-18(11-14)12-15-17-6-8-19-15/h1,3,5-6,8,10,14H,2,4,7,9,11-12H2/t14-/m1/s1. The monoisotopic (exact) mass is 273 g/mol. The molecular formula is C15H19N3S. The summed E-state index contributed by atoms with van der Waals surface area (Å²) < 4.78 is 0. The predicted molar refractivity (Wildman–Crippen MR) is 78.1 cm³/mol. The molecule has 3 rings (SSSR count). The summed E-state index contributed by atoms with van der Waals surface area (Å²) in [6.07, 6.45) is 9.54. The van der Waals surface area contributed by atoms with Crippen molar-refractivity contribution >= 4 is 11.3 Å². The minimum absolute atomic E-state index is 0.762. The number of thiazole rings is 1. The van der Waals surface area contributed by atoms with Crippen LogP contribution in [0, 0.1) is 5.92 Å². The highest BCUT2D eigenvalue weighted by Gasteiger charge is 2.20. The summed E-state index contributed by atoms with van der Waals surface area (Å²) in [4.78, 5) is 11.1. The molecule has 0 bridgehead atoms. The van der Waals surface area contributed by atoms with Crippen LogP contribution < -0.4 is 0 Å². The van der Waals surface area contributed by atoms with E-state index in [4.69, 9.17) is 0 Å². The number of nitrogens with zero attached hydrogens (tertiary/aromatic N) is 3. The van der Waals surface area contributed by atoms with Gasteiger partial charge in [-0.2, -0.15) is 0 Å². The molecule has 0 unspecified atom stereocenters. The number of piperidine rings is 1. The Morgan fingerprint density at radius 1 is 1.37 bits per heavy atom. The van der Waals surface area contributed by atoms with Crippen LogP contribution in [0.3, 0.4) is 0 Å². The molecule has 3 heterocycles. The second-order valence-electron chi connectivity index (χ2n) is 5.23. The van der Waals surface area contributed by atoms with Crippen LogP contribution in [-0.2, 0) is 13.0 Å². The van der Waals surface area contributed by atoms with Crippen LogP contribution in [0.1, 0.15) is 23.4 Å². The largest absolute Gasteiger partial charge is 0.296 e. The van der Waals surface area contributed by atoms with Crippen molar-refractivity contribution in [2.75, 3.05) is 13.1 Å². The number of pyridine rings is 1. The summed E-state index contributed by atoms with van der Waals surface area (Å²) in [5.41, 5.74) is 1.36. The first kappa shape index (κ1) is 12.8. The Morgan fingerprint density at radius 3 is 3.16 bits per heavy atom. The number of rotatable bonds is 4. The molecule has 0 amide bonds. The van der Waals surface area contributed by atoms with Crippen LogP contribution in [0.4, 0.5) is 0 Å². The minimum atomic E-state index is 0.762. The van der Waals surface area contributed by atoms with Crippen LogP contribution in [0.2, 0.25) is 0 Å². The van der Waals surface area contributed by atoms with Gasteiger partial charge in [-0.3, -0.25) is 9.88 Å². The van der Waals surface area contributed by atoms with Gasteiger partial charge in [0.25, 0.3) is 0 Å². The maximum Gasteiger partial charge on any atom is 0.107 e. The summed E-state index contributed by atoms with van der Waals surface area (Å²) in [5.74, 6) is 0.762. The van der Waals surface area contributed by atoms with Gasteiger partial charge in [0.15, 0.2) is 0 Å². The fourth-order valence-electron chi connectivity index (χ4n) is 2.84. The average Bonchev–Trinajstić information content (AvgIpc) is 2.93. The van der Waals surface area contributed by atoms with Gasteiger partial charge < -0.3 is 0 Å². The molecule has 19 heavy (non-hydrogen) atoms. The molecule has 2 aromatic heterocycles. The highest BCUT2D eigenvalue weighted by molar-refractivity contribution is 7.09. The van der Waals surface area contributed by atoms with Crippen molar-refractivity contribution in [2.24, 2.45) is 5.92 Å². The molecule has 100 valence electrons. The topological polar surface area (TPSA) is 29.0 Å². The van der Waals surface area contributed by atoms with Crippen LogP contribution in [-0.4, -0.2) is 28.0 Å². The molecule has 1 saturated heterocycles. The highest BCUT2D eigenvalue weighted by atomic mass is 32.1. The van der Waals surface area contributed by atoms with Gasteiger partial charge >= 0.3 is 0 Å². The quantitative estimate of drug-likeness (QED) is 0.857. The Balaban J connectivity index is 1.56. The Bertz CT molecular complexity index is 483. The van der Waals surface area contributed by atoms with E-state index in [0.717, 1.165) is 18.9 Å². The fraction of sp³-hybridized carbons (Fsp3) is 0.467. The molecule has 4 heteroatoms. The van der Waals surface area contributed by atoms with Crippen molar-refractivity contribution in [3.63, 3.8) is 0 Å². The molecule has 1 atom stereocenters. The van der Waals surface area contributed by atoms with Gasteiger partial charge in [-0.25, -0.2) is 4.98 Å². The molecule has 1 aliphatic rings. The summed E-state index contributed by atoms with van der Waals surface area (Å²) >= 11 is 1.76. The summed E-state index contributed by atoms with van der Waals surface area (Å²) in [5, 5.41) is 3.30. The van der Waals surface area contributed by atoms with Gasteiger partial charge in [-0.1, -0.05) is 6.07 Å². The Hall–Kier alpha value is -1.26. The zero-order valence-corrected chi connectivity index (χ0v) is 11.9. The minimum Gasteiger partial charge on any atom is -0.296 e. The second kappa shape index (κ2) is 6.26. The van der Waals surface area contributed by atoms with Crippen molar-refractivity contribution in [3.05, 3.63) is 46.7 Å². The normalized spacial score (nSPS) is 20.5. The zero-order valence-electron chi connectivity index (χ0n) is 11.0. The zero-order chi connectivity index (χ0) is 12.9. The first-order chi connectivity index (χ1) is 9.40. The van der Waals surface area contributed by atoms with E-state index in [1.165, 1.54) is 36.5 Å². The number of hydrogen-bond donors (Lipinski definition) is 0. The molecule has 0 aromatic carbocycles. The molecule has 3 nitrogen and oxygen atoms in total. The van der Waals surface area contributed by atoms with Gasteiger partial charge in [0.1, 0.15) is 5.01 Å². The first-order valence-electron chi connectivity index (χ1n) is 6.90. The Kier molecular flexibility index (Phi) is 4.20. The summed E-state index contributed by atoms with van der Waals surface area (Å²) in [6, 6.07) is 4.22. The van der Waals surface area contributed by atoms with Gasteiger partial charge in [0.05, 0.1) is 6.54 Å². The Morgan fingerprint density at radius 2 is 2.37 bits per heavy atom. The van der Waals surface area contributed by atoms with E-state index in [2.05, 4.69) is 26.3 Å². The van der Waals surface area contributed by atoms with Gasteiger partial charge in [-0.15, -0.1) is 11.3 Å². The smallest absolute Gasteiger partial charge is 0.107 e. The highest BCUT2D eigenvalue weighted by Crippen LogP contribution is 2.22. The van der Waals surface area contributed by atoms with Crippen molar-refractivity contribution < 1.29 is 0 Å². The van der Waals surface area contributed by atoms with Crippen molar-refractivity contribution in [2.45, 2.75) is 25.8 Å². The molecule has 1 aliphatic heterocycles. The number of likely N-dealkylation sites (tertiary alicyclic amines) is 1. The molecule has 0 radical (unpaired) electrons. The van der Waals surface area contributed by atoms with E-state index < -0.39 is 0 Å². The lowest BCUT2D eigenvalue weighted by atomic mass is 9.92. The van der Waals surface area contributed by atoms with Crippen LogP contribution >= 0.6 is 11.3 Å². The third-order valence-electron chi connectivity index (χ3n) is 3.69. The maximum atomic E-state index is 4.39. The predicted octanol–water partition coefficient (Wildman–Crippen LogP) is 2.99. The van der Waals surface area contributed by atoms with E-state index in [9.17, 15) is 0 Å². The summed E-state index contributed by atoms with van der Waals surface area (Å²) in [7, 11) is 0. The molecule has 0 aliphatic carbocycles. The van der Waals surface area contributed by atoms with Crippen LogP contribution in [0.5, 0.6) is 0 Å². The lowest BCUT2D eigenvalue weighted by Gasteiger charge is -2.32. The third kappa shape index (κ3) is 3.61. The lowest BCUT2D eigenvalue weighted by Crippen LogP contribution is -2.35. The van der Waals surface area contributed by atoms with Gasteiger partial charge in [0, 0.05) is 30.5 Å². The molecule has 0 N–H and O–H groups in total. The van der Waals surface area contributed by atoms with Crippen LogP contribution in [0.25, 0.3) is 0 Å². The maximum absolute atomic E-state index is 4.39. The SMILES string of the molecule is c1cncc(C[C@H]2CCCN(Cc3nccs3)C2)c1. The van der Waals surface area contributed by atoms with Crippen molar-refractivity contribution in [3.8, 4) is 0 Å². The van der Waals surface area contributed by atoms with Crippen molar-refractivity contribution in [1.82, 2.24) is 14.9 Å². The van der Waals surface area contributed by atoms with Crippen molar-refractivity contribution in [1.29, 1.82) is 0 Å². The molecule has 1 fully saturated rings. The summed E-state index contributed by atoms with van der Waals surface area (Å²) in [6.45, 7) is 3.42. The second-order valence-corrected chi connectivity index (χ2v) is 6.21. The number of hydrogen-bond acceptors (Lipinski definition) is 4.